The van der Waals surface area contributed by atoms with Gasteiger partial charge in [0.25, 0.3) is 10.2 Å². The van der Waals surface area contributed by atoms with Gasteiger partial charge >= 0.3 is 0 Å². The molecular formula is C9H17N3O4S. The number of carbonyl (C=O) groups excluding carboxylic acids is 1. The second-order valence-electron chi connectivity index (χ2n) is 4.33. The van der Waals surface area contributed by atoms with Gasteiger partial charge in [-0.3, -0.25) is 4.79 Å². The topological polar surface area (TPSA) is 92.9 Å². The smallest absolute Gasteiger partial charge is 0.277 e. The van der Waals surface area contributed by atoms with E-state index in [4.69, 9.17) is 9.88 Å². The van der Waals surface area contributed by atoms with Crippen LogP contribution in [0.15, 0.2) is 0 Å². The highest BCUT2D eigenvalue weighted by Gasteiger charge is 2.31. The molecule has 1 unspecified atom stereocenters. The van der Waals surface area contributed by atoms with Crippen molar-refractivity contribution in [3.8, 4) is 0 Å². The van der Waals surface area contributed by atoms with Crippen LogP contribution in [0.25, 0.3) is 0 Å². The van der Waals surface area contributed by atoms with Gasteiger partial charge in [-0.25, -0.2) is 5.14 Å². The first-order valence-electron chi connectivity index (χ1n) is 5.63. The number of nitrogens with zero attached hydrogens (tertiary/aromatic N) is 2. The largest absolute Gasteiger partial charge is 0.381 e. The molecule has 0 radical (unpaired) electrons. The van der Waals surface area contributed by atoms with Gasteiger partial charge in [0, 0.05) is 32.8 Å². The summed E-state index contributed by atoms with van der Waals surface area (Å²) in [6.45, 7) is 2.48. The van der Waals surface area contributed by atoms with Gasteiger partial charge in [0.2, 0.25) is 5.91 Å². The highest BCUT2D eigenvalue weighted by Crippen LogP contribution is 2.17. The minimum absolute atomic E-state index is 0.0592. The van der Waals surface area contributed by atoms with E-state index in [1.165, 1.54) is 4.31 Å². The fourth-order valence-electron chi connectivity index (χ4n) is 2.15. The van der Waals surface area contributed by atoms with Gasteiger partial charge in [0.1, 0.15) is 0 Å². The predicted octanol–water partition coefficient (Wildman–Crippen LogP) is -1.63. The summed E-state index contributed by atoms with van der Waals surface area (Å²) < 4.78 is 28.6. The van der Waals surface area contributed by atoms with Crippen LogP contribution in [0.3, 0.4) is 0 Å². The molecule has 0 bridgehead atoms. The third-order valence-electron chi connectivity index (χ3n) is 3.19. The normalized spacial score (nSPS) is 27.4. The van der Waals surface area contributed by atoms with Crippen molar-refractivity contribution in [1.29, 1.82) is 0 Å². The molecule has 17 heavy (non-hydrogen) atoms. The molecule has 0 saturated carbocycles. The van der Waals surface area contributed by atoms with Crippen molar-refractivity contribution in [3.05, 3.63) is 0 Å². The van der Waals surface area contributed by atoms with E-state index in [0.717, 1.165) is 6.42 Å². The van der Waals surface area contributed by atoms with Crippen LogP contribution in [-0.2, 0) is 19.7 Å². The molecule has 8 heteroatoms. The maximum Gasteiger partial charge on any atom is 0.277 e. The van der Waals surface area contributed by atoms with E-state index in [9.17, 15) is 13.2 Å². The highest BCUT2D eigenvalue weighted by molar-refractivity contribution is 7.86. The van der Waals surface area contributed by atoms with Crippen molar-refractivity contribution in [1.82, 2.24) is 9.21 Å². The zero-order chi connectivity index (χ0) is 12.5. The van der Waals surface area contributed by atoms with Gasteiger partial charge < -0.3 is 9.64 Å². The van der Waals surface area contributed by atoms with Crippen molar-refractivity contribution >= 4 is 16.1 Å². The SMILES string of the molecule is NS(=O)(=O)N1CCN(C(=O)C2CCOC2)CC1. The average Bonchev–Trinajstić information content (AvgIpc) is 2.80. The van der Waals surface area contributed by atoms with Gasteiger partial charge in [-0.1, -0.05) is 0 Å². The summed E-state index contributed by atoms with van der Waals surface area (Å²) in [4.78, 5) is 13.7. The van der Waals surface area contributed by atoms with E-state index in [1.54, 1.807) is 4.90 Å². The molecule has 2 heterocycles. The number of hydrogen-bond donors (Lipinski definition) is 1. The summed E-state index contributed by atoms with van der Waals surface area (Å²) in [6, 6.07) is 0. The monoisotopic (exact) mass is 263 g/mol. The first-order valence-corrected chi connectivity index (χ1v) is 7.13. The van der Waals surface area contributed by atoms with E-state index in [2.05, 4.69) is 0 Å². The summed E-state index contributed by atoms with van der Waals surface area (Å²) >= 11 is 0. The van der Waals surface area contributed by atoms with Gasteiger partial charge in [-0.2, -0.15) is 12.7 Å². The van der Waals surface area contributed by atoms with Gasteiger partial charge in [0.15, 0.2) is 0 Å². The number of amides is 1. The molecule has 0 aromatic heterocycles. The number of carbonyl (C=O) groups is 1. The fourth-order valence-corrected chi connectivity index (χ4v) is 2.82. The van der Waals surface area contributed by atoms with Crippen LogP contribution in [0.5, 0.6) is 0 Å². The first-order chi connectivity index (χ1) is 7.98. The lowest BCUT2D eigenvalue weighted by Gasteiger charge is -2.34. The number of rotatable bonds is 2. The quantitative estimate of drug-likeness (QED) is 0.647. The van der Waals surface area contributed by atoms with E-state index >= 15 is 0 Å². The Morgan fingerprint density at radius 3 is 2.35 bits per heavy atom. The zero-order valence-corrected chi connectivity index (χ0v) is 10.4. The van der Waals surface area contributed by atoms with Crippen molar-refractivity contribution in [2.75, 3.05) is 39.4 Å². The molecule has 2 fully saturated rings. The Morgan fingerprint density at radius 1 is 1.24 bits per heavy atom. The van der Waals surface area contributed by atoms with Crippen LogP contribution in [-0.4, -0.2) is 62.9 Å². The summed E-state index contributed by atoms with van der Waals surface area (Å²) in [5, 5.41) is 5.03. The Balaban J connectivity index is 1.88. The summed E-state index contributed by atoms with van der Waals surface area (Å²) in [5.41, 5.74) is 0. The maximum absolute atomic E-state index is 12.0. The Hall–Kier alpha value is -0.700. The molecule has 2 saturated heterocycles. The Labute approximate surface area is 101 Å². The molecule has 1 atom stereocenters. The van der Waals surface area contributed by atoms with Crippen molar-refractivity contribution in [2.24, 2.45) is 11.1 Å². The third kappa shape index (κ3) is 2.95. The van der Waals surface area contributed by atoms with E-state index in [1.807, 2.05) is 0 Å². The molecule has 0 spiro atoms. The van der Waals surface area contributed by atoms with E-state index in [0.29, 0.717) is 26.3 Å². The lowest BCUT2D eigenvalue weighted by molar-refractivity contribution is -0.136. The second kappa shape index (κ2) is 4.89. The maximum atomic E-state index is 12.0. The molecule has 0 aromatic rings. The Kier molecular flexibility index (Phi) is 3.67. The van der Waals surface area contributed by atoms with Crippen LogP contribution in [0.4, 0.5) is 0 Å². The molecule has 2 aliphatic rings. The van der Waals surface area contributed by atoms with Crippen LogP contribution in [0.2, 0.25) is 0 Å². The van der Waals surface area contributed by atoms with Gasteiger partial charge in [-0.15, -0.1) is 0 Å². The van der Waals surface area contributed by atoms with Crippen molar-refractivity contribution < 1.29 is 17.9 Å². The average molecular weight is 263 g/mol. The lowest BCUT2D eigenvalue weighted by atomic mass is 10.1. The molecule has 98 valence electrons. The molecule has 1 amide bonds. The third-order valence-corrected chi connectivity index (χ3v) is 4.27. The first kappa shape index (κ1) is 12.7. The van der Waals surface area contributed by atoms with Gasteiger partial charge in [0.05, 0.1) is 12.5 Å². The van der Waals surface area contributed by atoms with E-state index in [-0.39, 0.29) is 24.9 Å². The molecule has 7 nitrogen and oxygen atoms in total. The molecule has 0 aliphatic carbocycles. The second-order valence-corrected chi connectivity index (χ2v) is 5.88. The van der Waals surface area contributed by atoms with Crippen LogP contribution < -0.4 is 5.14 Å². The van der Waals surface area contributed by atoms with E-state index < -0.39 is 10.2 Å². The number of hydrogen-bond acceptors (Lipinski definition) is 4. The predicted molar refractivity (Wildman–Crippen MR) is 60.2 cm³/mol. The zero-order valence-electron chi connectivity index (χ0n) is 9.54. The number of ether oxygens (including phenoxy) is 1. The minimum atomic E-state index is -3.62. The fraction of sp³-hybridized carbons (Fsp3) is 0.889. The lowest BCUT2D eigenvalue weighted by Crippen LogP contribution is -2.53. The Bertz CT molecular complexity index is 383. The van der Waals surface area contributed by atoms with Crippen LogP contribution >= 0.6 is 0 Å². The number of nitrogens with two attached hydrogens (primary N) is 1. The van der Waals surface area contributed by atoms with Crippen molar-refractivity contribution in [3.63, 3.8) is 0 Å². The summed E-state index contributed by atoms with van der Waals surface area (Å²) in [6.07, 6.45) is 0.758. The highest BCUT2D eigenvalue weighted by atomic mass is 32.2. The van der Waals surface area contributed by atoms with Crippen LogP contribution in [0.1, 0.15) is 6.42 Å². The number of piperazine rings is 1. The Morgan fingerprint density at radius 2 is 1.88 bits per heavy atom. The van der Waals surface area contributed by atoms with Gasteiger partial charge in [-0.05, 0) is 6.42 Å². The molecule has 2 rings (SSSR count). The van der Waals surface area contributed by atoms with Crippen LogP contribution in [0, 0.1) is 5.92 Å². The standard InChI is InChI=1S/C9H17N3O4S/c10-17(14,15)12-4-2-11(3-5-12)9(13)8-1-6-16-7-8/h8H,1-7H2,(H2,10,14,15). The summed E-state index contributed by atoms with van der Waals surface area (Å²) in [7, 11) is -3.62. The minimum Gasteiger partial charge on any atom is -0.381 e. The summed E-state index contributed by atoms with van der Waals surface area (Å²) in [5.74, 6) is 0.00704. The molecule has 2 aliphatic heterocycles. The molecule has 0 aromatic carbocycles. The molecular weight excluding hydrogens is 246 g/mol. The molecule has 2 N–H and O–H groups in total. The van der Waals surface area contributed by atoms with Crippen molar-refractivity contribution in [2.45, 2.75) is 6.42 Å².